The summed E-state index contributed by atoms with van der Waals surface area (Å²) in [6.45, 7) is 0. The van der Waals surface area contributed by atoms with Gasteiger partial charge in [0.1, 0.15) is 62.5 Å². The third kappa shape index (κ3) is 11.6. The van der Waals surface area contributed by atoms with Crippen molar-refractivity contribution in [2.45, 2.75) is 19.6 Å². The fraction of sp³-hybridized carbons (Fsp3) is 0. The molecular weight excluding hydrogens is 1000 g/mol. The minimum absolute atomic E-state index is 0. The van der Waals surface area contributed by atoms with Gasteiger partial charge in [-0.3, -0.25) is 0 Å². The normalized spacial score (nSPS) is 12.3. The largest absolute Gasteiger partial charge is 1.00 e. The van der Waals surface area contributed by atoms with Crippen molar-refractivity contribution in [3.63, 3.8) is 0 Å². The summed E-state index contributed by atoms with van der Waals surface area (Å²) in [5.41, 5.74) is 1.52. The van der Waals surface area contributed by atoms with E-state index in [2.05, 4.69) is 30.6 Å². The van der Waals surface area contributed by atoms with Gasteiger partial charge in [0.15, 0.2) is 0 Å². The zero-order chi connectivity index (χ0) is 45.3. The summed E-state index contributed by atoms with van der Waals surface area (Å²) in [7, 11) is -19.9. The molecule has 9 aromatic rings. The van der Waals surface area contributed by atoms with Crippen LogP contribution in [-0.2, 0) is 40.5 Å². The maximum atomic E-state index is 12.5. The SMILES string of the molecule is O=S(=O)([O-])c1ccc2c(ccc3nn(-c4ccc(N=Nc5ccc(/C=C/c6ccc(-n7nc8cc(S(=O)(=O)[O-])c9ccccc9c8n7)cc6S(=O)(=O)[O-])c(S(=O)(=O)[O-])c5)cc4)nc32)c1.[Na+].[Na+].[Na+].[Na+]. The molecule has 0 bridgehead atoms. The number of benzene rings is 7. The maximum absolute atomic E-state index is 12.5. The molecule has 7 aromatic carbocycles. The topological polar surface area (TPSA) is 315 Å². The molecule has 322 valence electrons. The smallest absolute Gasteiger partial charge is 0.744 e. The van der Waals surface area contributed by atoms with Crippen molar-refractivity contribution in [3.05, 3.63) is 132 Å². The summed E-state index contributed by atoms with van der Waals surface area (Å²) in [6.07, 6.45) is 2.24. The molecule has 0 fully saturated rings. The first-order valence-corrected chi connectivity index (χ1v) is 23.7. The number of rotatable bonds is 10. The van der Waals surface area contributed by atoms with Gasteiger partial charge < -0.3 is 18.2 Å². The Bertz CT molecular complexity index is 3990. The van der Waals surface area contributed by atoms with Gasteiger partial charge in [0.2, 0.25) is 0 Å². The molecule has 0 unspecified atom stereocenters. The van der Waals surface area contributed by atoms with E-state index >= 15 is 0 Å². The van der Waals surface area contributed by atoms with Crippen LogP contribution in [0.2, 0.25) is 0 Å². The quantitative estimate of drug-likeness (QED) is 0.0532. The summed E-state index contributed by atoms with van der Waals surface area (Å²) in [5, 5.41) is 27.2. The van der Waals surface area contributed by atoms with E-state index in [4.69, 9.17) is 0 Å². The summed E-state index contributed by atoms with van der Waals surface area (Å²) in [5.74, 6) is 0. The van der Waals surface area contributed by atoms with Gasteiger partial charge in [-0.2, -0.15) is 19.8 Å². The van der Waals surface area contributed by atoms with Crippen molar-refractivity contribution in [2.75, 3.05) is 0 Å². The summed E-state index contributed by atoms with van der Waals surface area (Å²) < 4.78 is 145. The fourth-order valence-corrected chi connectivity index (χ4v) is 9.47. The van der Waals surface area contributed by atoms with Crippen molar-refractivity contribution >= 4 is 108 Å². The molecule has 0 aliphatic rings. The number of nitrogens with zero attached hydrogens (tertiary/aromatic N) is 8. The molecule has 0 radical (unpaired) electrons. The van der Waals surface area contributed by atoms with Gasteiger partial charge >= 0.3 is 118 Å². The molecule has 0 N–H and O–H groups in total. The number of hydrogen-bond donors (Lipinski definition) is 0. The minimum atomic E-state index is -5.21. The summed E-state index contributed by atoms with van der Waals surface area (Å²) in [6, 6.07) is 27.7. The van der Waals surface area contributed by atoms with Crippen molar-refractivity contribution < 1.29 is 170 Å². The van der Waals surface area contributed by atoms with Crippen LogP contribution in [0.3, 0.4) is 0 Å². The zero-order valence-corrected chi connectivity index (χ0v) is 47.1. The van der Waals surface area contributed by atoms with Crippen LogP contribution in [0.5, 0.6) is 0 Å². The molecular formula is C40H22N8Na4O12S4. The van der Waals surface area contributed by atoms with Crippen LogP contribution in [0, 0.1) is 0 Å². The van der Waals surface area contributed by atoms with Gasteiger partial charge in [-0.05, 0) is 89.3 Å². The molecule has 0 amide bonds. The number of fused-ring (bicyclic) bond motifs is 6. The van der Waals surface area contributed by atoms with Crippen molar-refractivity contribution in [2.24, 2.45) is 10.2 Å². The van der Waals surface area contributed by atoms with Crippen LogP contribution >= 0.6 is 0 Å². The second-order valence-electron chi connectivity index (χ2n) is 13.9. The molecule has 9 rings (SSSR count). The Kier molecular flexibility index (Phi) is 17.5. The number of azo groups is 1. The van der Waals surface area contributed by atoms with E-state index in [-0.39, 0.29) is 167 Å². The molecule has 2 aromatic heterocycles. The molecule has 0 saturated heterocycles. The maximum Gasteiger partial charge on any atom is 1.00 e. The Morgan fingerprint density at radius 2 is 0.941 bits per heavy atom. The van der Waals surface area contributed by atoms with Crippen LogP contribution in [0.1, 0.15) is 11.1 Å². The van der Waals surface area contributed by atoms with Gasteiger partial charge in [-0.1, -0.05) is 60.7 Å². The predicted octanol–water partition coefficient (Wildman–Crippen LogP) is -6.32. The van der Waals surface area contributed by atoms with E-state index in [9.17, 15) is 51.9 Å². The first kappa shape index (κ1) is 55.8. The van der Waals surface area contributed by atoms with E-state index in [0.29, 0.717) is 33.2 Å². The summed E-state index contributed by atoms with van der Waals surface area (Å²) in [4.78, 5) is -0.103. The van der Waals surface area contributed by atoms with Crippen molar-refractivity contribution in [1.29, 1.82) is 0 Å². The van der Waals surface area contributed by atoms with Crippen LogP contribution in [0.4, 0.5) is 11.4 Å². The van der Waals surface area contributed by atoms with E-state index in [0.717, 1.165) is 35.1 Å². The molecule has 2 heterocycles. The Balaban J connectivity index is 0.00000216. The van der Waals surface area contributed by atoms with Crippen LogP contribution in [0.25, 0.3) is 67.1 Å². The minimum Gasteiger partial charge on any atom is -0.744 e. The second kappa shape index (κ2) is 21.3. The van der Waals surface area contributed by atoms with Crippen LogP contribution < -0.4 is 118 Å². The third-order valence-electron chi connectivity index (χ3n) is 9.82. The summed E-state index contributed by atoms with van der Waals surface area (Å²) >= 11 is 0. The average Bonchev–Trinajstić information content (AvgIpc) is 3.89. The third-order valence-corrected chi connectivity index (χ3v) is 13.3. The second-order valence-corrected chi connectivity index (χ2v) is 19.3. The van der Waals surface area contributed by atoms with Gasteiger partial charge in [0, 0.05) is 16.2 Å². The first-order chi connectivity index (χ1) is 30.2. The molecule has 20 nitrogen and oxygen atoms in total. The molecule has 0 spiro atoms. The molecule has 0 aliphatic heterocycles. The van der Waals surface area contributed by atoms with Crippen LogP contribution in [0.15, 0.2) is 151 Å². The Hall–Kier alpha value is -3.16. The van der Waals surface area contributed by atoms with E-state index < -0.39 is 55.2 Å². The zero-order valence-electron chi connectivity index (χ0n) is 35.8. The average molecular weight is 1030 g/mol. The monoisotopic (exact) mass is 1030 g/mol. The Morgan fingerprint density at radius 1 is 0.426 bits per heavy atom. The Labute approximate surface area is 475 Å². The van der Waals surface area contributed by atoms with Crippen molar-refractivity contribution in [1.82, 2.24) is 30.0 Å². The standard InChI is InChI=1S/C40H26N8O12S4.4Na/c49-61(50,51)30-16-17-31-25(19-30)9-18-34-39(31)45-47(43-34)28-14-11-26(12-15-28)41-42-27-10-7-23(36(20-27)62(52,53)54)5-6-24-8-13-29(21-37(24)63(55,56)57)48-44-35-22-38(64(58,59)60)32-3-1-2-4-33(32)40(35)46-48;;;;/h1-22H,(H,49,50,51)(H,52,53,54)(H,55,56,57)(H,58,59,60);;;;/q;4*+1/p-4/b6-5+,42-41?;;;;. The van der Waals surface area contributed by atoms with Crippen molar-refractivity contribution in [3.8, 4) is 11.4 Å². The molecule has 0 saturated carbocycles. The molecule has 0 aliphatic carbocycles. The number of hydrogen-bond acceptors (Lipinski definition) is 18. The molecule has 0 atom stereocenters. The fourth-order valence-electron chi connectivity index (χ4n) is 6.88. The number of aromatic nitrogens is 6. The van der Waals surface area contributed by atoms with E-state index in [1.54, 1.807) is 42.5 Å². The van der Waals surface area contributed by atoms with Gasteiger partial charge in [-0.25, -0.2) is 33.7 Å². The Morgan fingerprint density at radius 3 is 1.56 bits per heavy atom. The molecule has 68 heavy (non-hydrogen) atoms. The van der Waals surface area contributed by atoms with Gasteiger partial charge in [0.05, 0.1) is 42.3 Å². The predicted molar refractivity (Wildman–Crippen MR) is 224 cm³/mol. The van der Waals surface area contributed by atoms with Gasteiger partial charge in [-0.15, -0.1) is 20.4 Å². The van der Waals surface area contributed by atoms with Crippen LogP contribution in [-0.4, -0.2) is 81.9 Å². The first-order valence-electron chi connectivity index (χ1n) is 18.1. The van der Waals surface area contributed by atoms with E-state index in [1.807, 2.05) is 0 Å². The van der Waals surface area contributed by atoms with E-state index in [1.165, 1.54) is 65.5 Å². The molecule has 28 heteroatoms. The van der Waals surface area contributed by atoms with Gasteiger partial charge in [0.25, 0.3) is 0 Å².